The van der Waals surface area contributed by atoms with E-state index in [4.69, 9.17) is 0 Å². The van der Waals surface area contributed by atoms with Gasteiger partial charge in [-0.15, -0.1) is 0 Å². The van der Waals surface area contributed by atoms with Crippen molar-refractivity contribution in [2.24, 2.45) is 11.8 Å². The fourth-order valence-electron chi connectivity index (χ4n) is 4.12. The molecule has 5 nitrogen and oxygen atoms in total. The Morgan fingerprint density at radius 1 is 1.47 bits per heavy atom. The molecule has 0 aromatic heterocycles. The first-order chi connectivity index (χ1) is 8.95. The number of amides is 1. The highest BCUT2D eigenvalue weighted by atomic mass is 16.3. The van der Waals surface area contributed by atoms with Crippen LogP contribution >= 0.6 is 0 Å². The van der Waals surface area contributed by atoms with E-state index < -0.39 is 23.7 Å². The van der Waals surface area contributed by atoms with Crippen LogP contribution in [0.2, 0.25) is 0 Å². The fourth-order valence-corrected chi connectivity index (χ4v) is 4.12. The molecule has 5 atom stereocenters. The van der Waals surface area contributed by atoms with E-state index in [0.29, 0.717) is 25.1 Å². The summed E-state index contributed by atoms with van der Waals surface area (Å²) in [5.74, 6) is -0.603. The monoisotopic (exact) mass is 267 g/mol. The number of nitrogens with zero attached hydrogens (tertiary/aromatic N) is 1. The lowest BCUT2D eigenvalue weighted by Crippen LogP contribution is -2.61. The van der Waals surface area contributed by atoms with Crippen molar-refractivity contribution >= 4 is 5.91 Å². The van der Waals surface area contributed by atoms with Gasteiger partial charge in [0.2, 0.25) is 5.91 Å². The van der Waals surface area contributed by atoms with E-state index >= 15 is 0 Å². The second-order valence-electron chi connectivity index (χ2n) is 6.11. The first-order valence-electron chi connectivity index (χ1n) is 7.02. The van der Waals surface area contributed by atoms with Gasteiger partial charge in [0.25, 0.3) is 0 Å². The molecule has 0 spiro atoms. The van der Waals surface area contributed by atoms with Crippen LogP contribution in [0.15, 0.2) is 11.8 Å². The van der Waals surface area contributed by atoms with Gasteiger partial charge in [-0.3, -0.25) is 4.79 Å². The number of piperidine rings is 1. The summed E-state index contributed by atoms with van der Waals surface area (Å²) in [7, 11) is 0. The molecule has 1 aliphatic heterocycles. The average molecular weight is 267 g/mol. The third-order valence-corrected chi connectivity index (χ3v) is 5.09. The molecule has 1 saturated carbocycles. The van der Waals surface area contributed by atoms with Gasteiger partial charge < -0.3 is 20.2 Å². The van der Waals surface area contributed by atoms with Gasteiger partial charge in [-0.05, 0) is 19.3 Å². The minimum atomic E-state index is -0.993. The van der Waals surface area contributed by atoms with Crippen LogP contribution in [0.4, 0.5) is 0 Å². The van der Waals surface area contributed by atoms with Crippen molar-refractivity contribution in [2.75, 3.05) is 6.54 Å². The van der Waals surface area contributed by atoms with Crippen LogP contribution in [0.3, 0.4) is 0 Å². The van der Waals surface area contributed by atoms with E-state index in [2.05, 4.69) is 0 Å². The summed E-state index contributed by atoms with van der Waals surface area (Å²) >= 11 is 0. The predicted molar refractivity (Wildman–Crippen MR) is 67.9 cm³/mol. The molecule has 1 amide bonds. The van der Waals surface area contributed by atoms with E-state index in [0.717, 1.165) is 12.8 Å². The van der Waals surface area contributed by atoms with Gasteiger partial charge in [-0.25, -0.2) is 0 Å². The minimum Gasteiger partial charge on any atom is -0.390 e. The molecule has 0 aromatic carbocycles. The number of hydrogen-bond donors (Lipinski definition) is 3. The van der Waals surface area contributed by atoms with Gasteiger partial charge in [-0.2, -0.15) is 0 Å². The summed E-state index contributed by atoms with van der Waals surface area (Å²) in [5, 5.41) is 31.1. The molecule has 3 N–H and O–H groups in total. The predicted octanol–water partition coefficient (Wildman–Crippen LogP) is 0.00530. The number of carbonyl (C=O) groups excluding carboxylic acids is 1. The molecular formula is C14H21NO4. The molecule has 2 aliphatic carbocycles. The summed E-state index contributed by atoms with van der Waals surface area (Å²) in [6, 6.07) is 0. The maximum atomic E-state index is 11.8. The molecule has 1 saturated heterocycles. The number of aliphatic hydroxyl groups excluding tert-OH is 2. The van der Waals surface area contributed by atoms with Crippen LogP contribution in [0.5, 0.6) is 0 Å². The Hall–Kier alpha value is -0.910. The first-order valence-corrected chi connectivity index (χ1v) is 7.02. The summed E-state index contributed by atoms with van der Waals surface area (Å²) in [5.41, 5.74) is -0.274. The Morgan fingerprint density at radius 3 is 2.89 bits per heavy atom. The quantitative estimate of drug-likeness (QED) is 0.577. The molecule has 1 heterocycles. The zero-order chi connectivity index (χ0) is 13.8. The highest BCUT2D eigenvalue weighted by Crippen LogP contribution is 2.51. The van der Waals surface area contributed by atoms with Crippen LogP contribution in [-0.4, -0.2) is 50.5 Å². The number of rotatable bonds is 0. The number of hydrogen-bond acceptors (Lipinski definition) is 4. The number of aliphatic hydroxyl groups is 3. The van der Waals surface area contributed by atoms with Crippen LogP contribution in [0.25, 0.3) is 0 Å². The average Bonchev–Trinajstić information content (AvgIpc) is 2.73. The van der Waals surface area contributed by atoms with E-state index in [1.54, 1.807) is 11.0 Å². The summed E-state index contributed by atoms with van der Waals surface area (Å²) in [6.45, 7) is 2.03. The van der Waals surface area contributed by atoms with Crippen molar-refractivity contribution in [2.45, 2.75) is 50.4 Å². The van der Waals surface area contributed by atoms with Gasteiger partial charge >= 0.3 is 0 Å². The highest BCUT2D eigenvalue weighted by Gasteiger charge is 2.58. The van der Waals surface area contributed by atoms with E-state index in [9.17, 15) is 20.1 Å². The van der Waals surface area contributed by atoms with Crippen LogP contribution in [0.1, 0.15) is 32.6 Å². The second kappa shape index (κ2) is 4.30. The Labute approximate surface area is 112 Å². The first kappa shape index (κ1) is 13.1. The van der Waals surface area contributed by atoms with Crippen molar-refractivity contribution in [3.63, 3.8) is 0 Å². The number of likely N-dealkylation sites (tertiary alicyclic amines) is 1. The SMILES string of the molecule is CC(=O)N1C[C@@H]2CCC[C@]2(O)[C@H]2C1=CC[C@H](O)[C@@H]2O. The molecule has 19 heavy (non-hydrogen) atoms. The topological polar surface area (TPSA) is 81.0 Å². The lowest BCUT2D eigenvalue weighted by atomic mass is 9.67. The van der Waals surface area contributed by atoms with Gasteiger partial charge in [0.15, 0.2) is 0 Å². The van der Waals surface area contributed by atoms with Gasteiger partial charge in [0.1, 0.15) is 0 Å². The lowest BCUT2D eigenvalue weighted by Gasteiger charge is -2.52. The number of carbonyl (C=O) groups is 1. The van der Waals surface area contributed by atoms with E-state index in [1.165, 1.54) is 6.92 Å². The third-order valence-electron chi connectivity index (χ3n) is 5.09. The Morgan fingerprint density at radius 2 is 2.21 bits per heavy atom. The maximum absolute atomic E-state index is 11.8. The van der Waals surface area contributed by atoms with Gasteiger partial charge in [-0.1, -0.05) is 12.5 Å². The molecule has 5 heteroatoms. The van der Waals surface area contributed by atoms with Crippen LogP contribution < -0.4 is 0 Å². The molecule has 3 aliphatic rings. The smallest absolute Gasteiger partial charge is 0.223 e. The molecular weight excluding hydrogens is 246 g/mol. The van der Waals surface area contributed by atoms with Crippen molar-refractivity contribution in [1.82, 2.24) is 4.90 Å². The van der Waals surface area contributed by atoms with Gasteiger partial charge in [0.05, 0.1) is 23.7 Å². The minimum absolute atomic E-state index is 0.00139. The zero-order valence-electron chi connectivity index (χ0n) is 11.1. The summed E-state index contributed by atoms with van der Waals surface area (Å²) < 4.78 is 0. The van der Waals surface area contributed by atoms with Crippen molar-refractivity contribution in [3.8, 4) is 0 Å². The van der Waals surface area contributed by atoms with Gasteiger partial charge in [0, 0.05) is 25.1 Å². The normalized spacial score (nSPS) is 45.5. The molecule has 106 valence electrons. The second-order valence-corrected chi connectivity index (χ2v) is 6.11. The highest BCUT2D eigenvalue weighted by molar-refractivity contribution is 5.76. The largest absolute Gasteiger partial charge is 0.390 e. The summed E-state index contributed by atoms with van der Waals surface area (Å²) in [6.07, 6.45) is 2.69. The molecule has 0 radical (unpaired) electrons. The van der Waals surface area contributed by atoms with E-state index in [1.807, 2.05) is 0 Å². The summed E-state index contributed by atoms with van der Waals surface area (Å²) in [4.78, 5) is 13.5. The van der Waals surface area contributed by atoms with Crippen molar-refractivity contribution in [3.05, 3.63) is 11.8 Å². The lowest BCUT2D eigenvalue weighted by molar-refractivity contribution is -0.156. The zero-order valence-corrected chi connectivity index (χ0v) is 11.1. The van der Waals surface area contributed by atoms with Crippen molar-refractivity contribution < 1.29 is 20.1 Å². The Kier molecular flexibility index (Phi) is 2.96. The van der Waals surface area contributed by atoms with Crippen LogP contribution in [0, 0.1) is 11.8 Å². The Balaban J connectivity index is 2.05. The molecule has 0 unspecified atom stereocenters. The molecule has 3 rings (SSSR count). The maximum Gasteiger partial charge on any atom is 0.223 e. The van der Waals surface area contributed by atoms with Crippen molar-refractivity contribution in [1.29, 1.82) is 0 Å². The standard InChI is InChI=1S/C14H21NO4/c1-8(16)15-7-9-3-2-6-14(9,19)12-10(15)4-5-11(17)13(12)18/h4,9,11-13,17-19H,2-3,5-7H2,1H3/t9-,11-,12-,13-,14+/m0/s1. The fraction of sp³-hybridized carbons (Fsp3) is 0.786. The number of fused-ring (bicyclic) bond motifs is 3. The Bertz CT molecular complexity index is 435. The molecule has 0 bridgehead atoms. The molecule has 0 aromatic rings. The third kappa shape index (κ3) is 1.75. The molecule has 2 fully saturated rings. The van der Waals surface area contributed by atoms with E-state index in [-0.39, 0.29) is 11.8 Å². The van der Waals surface area contributed by atoms with Crippen LogP contribution in [-0.2, 0) is 4.79 Å².